The Balaban J connectivity index is 1.68. The van der Waals surface area contributed by atoms with Gasteiger partial charge in [-0.1, -0.05) is 48.5 Å². The molecule has 0 heterocycles. The topological polar surface area (TPSA) is 99.2 Å². The molecule has 8 nitrogen and oxygen atoms in total. The summed E-state index contributed by atoms with van der Waals surface area (Å²) in [6.45, 7) is 4.51. The molecule has 0 spiro atoms. The molecule has 3 rings (SSSR count). The lowest BCUT2D eigenvalue weighted by molar-refractivity contribution is -0.139. The summed E-state index contributed by atoms with van der Waals surface area (Å²) in [6, 6.07) is 15.3. The lowest BCUT2D eigenvalue weighted by atomic mass is 9.98. The molecule has 0 aliphatic heterocycles. The fourth-order valence-corrected chi connectivity index (χ4v) is 4.56. The summed E-state index contributed by atoms with van der Waals surface area (Å²) < 4.78 is 5.64. The fourth-order valence-electron chi connectivity index (χ4n) is 4.56. The molecule has 2 aromatic carbocycles. The number of benzene rings is 2. The predicted molar refractivity (Wildman–Crippen MR) is 134 cm³/mol. The van der Waals surface area contributed by atoms with Gasteiger partial charge < -0.3 is 25.0 Å². The molecule has 2 N–H and O–H groups in total. The molecule has 0 saturated carbocycles. The summed E-state index contributed by atoms with van der Waals surface area (Å²) in [7, 11) is 3.65. The maximum atomic E-state index is 13.3. The van der Waals surface area contributed by atoms with Gasteiger partial charge in [-0.2, -0.15) is 0 Å². The highest BCUT2D eigenvalue weighted by atomic mass is 16.5. The van der Waals surface area contributed by atoms with E-state index >= 15 is 0 Å². The van der Waals surface area contributed by atoms with Crippen molar-refractivity contribution >= 4 is 18.0 Å². The van der Waals surface area contributed by atoms with Crippen LogP contribution in [0.5, 0.6) is 0 Å². The molecule has 0 saturated heterocycles. The number of carboxylic acid groups (broad SMARTS) is 1. The van der Waals surface area contributed by atoms with Crippen LogP contribution in [-0.2, 0) is 14.3 Å². The van der Waals surface area contributed by atoms with Crippen LogP contribution in [0.3, 0.4) is 0 Å². The fraction of sp³-hybridized carbons (Fsp3) is 0.444. The molecule has 2 aromatic rings. The average molecular weight is 482 g/mol. The number of nitrogens with one attached hydrogen (secondary N) is 1. The number of fused-ring (bicyclic) bond motifs is 3. The Kier molecular flexibility index (Phi) is 8.87. The highest BCUT2D eigenvalue weighted by Crippen LogP contribution is 2.44. The Bertz CT molecular complexity index is 1010. The first-order valence-corrected chi connectivity index (χ1v) is 12.0. The molecular weight excluding hydrogens is 446 g/mol. The first-order valence-electron chi connectivity index (χ1n) is 12.0. The largest absolute Gasteiger partial charge is 0.481 e. The quantitative estimate of drug-likeness (QED) is 0.509. The van der Waals surface area contributed by atoms with Gasteiger partial charge in [0.25, 0.3) is 0 Å². The number of likely N-dealkylation sites (N-methyl/N-ethyl adjacent to an activating group) is 1. The zero-order chi connectivity index (χ0) is 25.5. The lowest BCUT2D eigenvalue weighted by Crippen LogP contribution is -2.54. The highest BCUT2D eigenvalue weighted by Gasteiger charge is 2.31. The predicted octanol–water partition coefficient (Wildman–Crippen LogP) is 3.56. The second kappa shape index (κ2) is 11.8. The van der Waals surface area contributed by atoms with Crippen molar-refractivity contribution in [3.63, 3.8) is 0 Å². The Hall–Kier alpha value is -3.39. The summed E-state index contributed by atoms with van der Waals surface area (Å²) in [5.41, 5.74) is 4.53. The number of hydrogen-bond acceptors (Lipinski definition) is 5. The summed E-state index contributed by atoms with van der Waals surface area (Å²) in [5, 5.41) is 11.7. The normalized spacial score (nSPS) is 13.3. The van der Waals surface area contributed by atoms with Gasteiger partial charge in [0.1, 0.15) is 12.6 Å². The number of nitrogens with zero attached hydrogens (tertiary/aromatic N) is 2. The molecule has 1 unspecified atom stereocenters. The van der Waals surface area contributed by atoms with E-state index < -0.39 is 18.1 Å². The maximum Gasteiger partial charge on any atom is 0.407 e. The van der Waals surface area contributed by atoms with E-state index in [4.69, 9.17) is 9.84 Å². The molecule has 2 amide bonds. The average Bonchev–Trinajstić information content (AvgIpc) is 3.13. The van der Waals surface area contributed by atoms with Crippen LogP contribution < -0.4 is 5.32 Å². The van der Waals surface area contributed by atoms with E-state index in [1.54, 1.807) is 4.90 Å². The SMILES string of the molecule is CC(C)N(CCCC(=O)O)C(=O)C(CN(C)C)NC(=O)OCC1c2ccccc2-c2ccccc21. The number of amides is 2. The number of ether oxygens (including phenoxy) is 1. The number of carbonyl (C=O) groups excluding carboxylic acids is 2. The van der Waals surface area contributed by atoms with Crippen molar-refractivity contribution < 1.29 is 24.2 Å². The zero-order valence-electron chi connectivity index (χ0n) is 20.9. The van der Waals surface area contributed by atoms with Crippen molar-refractivity contribution in [3.8, 4) is 11.1 Å². The number of rotatable bonds is 11. The van der Waals surface area contributed by atoms with Crippen LogP contribution in [0.1, 0.15) is 43.7 Å². The van der Waals surface area contributed by atoms with Crippen molar-refractivity contribution in [1.29, 1.82) is 0 Å². The zero-order valence-corrected chi connectivity index (χ0v) is 20.9. The van der Waals surface area contributed by atoms with Crippen molar-refractivity contribution in [2.45, 2.75) is 44.7 Å². The van der Waals surface area contributed by atoms with E-state index in [0.717, 1.165) is 22.3 Å². The van der Waals surface area contributed by atoms with Gasteiger partial charge in [-0.25, -0.2) is 4.79 Å². The molecule has 1 aliphatic rings. The van der Waals surface area contributed by atoms with Gasteiger partial charge in [0, 0.05) is 31.5 Å². The third-order valence-corrected chi connectivity index (χ3v) is 6.18. The summed E-state index contributed by atoms with van der Waals surface area (Å²) in [5.74, 6) is -1.23. The summed E-state index contributed by atoms with van der Waals surface area (Å²) in [6.07, 6.45) is -0.325. The molecule has 0 fully saturated rings. The first-order chi connectivity index (χ1) is 16.7. The van der Waals surface area contributed by atoms with Crippen LogP contribution >= 0.6 is 0 Å². The monoisotopic (exact) mass is 481 g/mol. The molecule has 8 heteroatoms. The molecule has 1 aliphatic carbocycles. The van der Waals surface area contributed by atoms with E-state index in [-0.39, 0.29) is 30.9 Å². The molecule has 1 atom stereocenters. The Labute approximate surface area is 206 Å². The number of carboxylic acids is 1. The van der Waals surface area contributed by atoms with Crippen molar-refractivity contribution in [2.24, 2.45) is 0 Å². The second-order valence-electron chi connectivity index (χ2n) is 9.41. The Morgan fingerprint density at radius 3 is 2.09 bits per heavy atom. The van der Waals surface area contributed by atoms with Gasteiger partial charge in [0.05, 0.1) is 0 Å². The standard InChI is InChI=1S/C27H35N3O5/c1-18(2)30(15-9-14-25(31)32)26(33)24(16-29(3)4)28-27(34)35-17-23-21-12-7-5-10-19(21)20-11-6-8-13-22(20)23/h5-8,10-13,18,23-24H,9,14-17H2,1-4H3,(H,28,34)(H,31,32). The molecule has 0 bridgehead atoms. The molecule has 0 radical (unpaired) electrons. The number of carbonyl (C=O) groups is 3. The van der Waals surface area contributed by atoms with E-state index in [1.807, 2.05) is 57.1 Å². The van der Waals surface area contributed by atoms with Gasteiger partial charge in [-0.05, 0) is 56.6 Å². The van der Waals surface area contributed by atoms with Crippen LogP contribution in [0, 0.1) is 0 Å². The van der Waals surface area contributed by atoms with Crippen LogP contribution in [0.2, 0.25) is 0 Å². The summed E-state index contributed by atoms with van der Waals surface area (Å²) >= 11 is 0. The molecule has 35 heavy (non-hydrogen) atoms. The van der Waals surface area contributed by atoms with Gasteiger partial charge >= 0.3 is 12.1 Å². The summed E-state index contributed by atoms with van der Waals surface area (Å²) in [4.78, 5) is 40.4. The van der Waals surface area contributed by atoms with E-state index in [1.165, 1.54) is 0 Å². The van der Waals surface area contributed by atoms with Crippen molar-refractivity contribution in [3.05, 3.63) is 59.7 Å². The van der Waals surface area contributed by atoms with Gasteiger partial charge in [-0.15, -0.1) is 0 Å². The van der Waals surface area contributed by atoms with Gasteiger partial charge in [0.2, 0.25) is 5.91 Å². The Morgan fingerprint density at radius 1 is 1.00 bits per heavy atom. The van der Waals surface area contributed by atoms with Gasteiger partial charge in [-0.3, -0.25) is 9.59 Å². The minimum Gasteiger partial charge on any atom is -0.481 e. The van der Waals surface area contributed by atoms with Crippen molar-refractivity contribution in [2.75, 3.05) is 33.8 Å². The highest BCUT2D eigenvalue weighted by molar-refractivity contribution is 5.86. The van der Waals surface area contributed by atoms with Crippen LogP contribution in [0.4, 0.5) is 4.79 Å². The minimum atomic E-state index is -0.900. The third-order valence-electron chi connectivity index (χ3n) is 6.18. The molecule has 0 aromatic heterocycles. The van der Waals surface area contributed by atoms with Crippen LogP contribution in [0.15, 0.2) is 48.5 Å². The Morgan fingerprint density at radius 2 is 1.57 bits per heavy atom. The lowest BCUT2D eigenvalue weighted by Gasteiger charge is -2.32. The molecule has 188 valence electrons. The second-order valence-corrected chi connectivity index (χ2v) is 9.41. The van der Waals surface area contributed by atoms with E-state index in [0.29, 0.717) is 19.5 Å². The maximum absolute atomic E-state index is 13.3. The minimum absolute atomic E-state index is 0.0192. The first kappa shape index (κ1) is 26.2. The number of hydrogen-bond donors (Lipinski definition) is 2. The number of aliphatic carboxylic acids is 1. The molecular formula is C27H35N3O5. The smallest absolute Gasteiger partial charge is 0.407 e. The van der Waals surface area contributed by atoms with Crippen molar-refractivity contribution in [1.82, 2.24) is 15.1 Å². The van der Waals surface area contributed by atoms with E-state index in [9.17, 15) is 14.4 Å². The van der Waals surface area contributed by atoms with Crippen LogP contribution in [-0.4, -0.2) is 78.8 Å². The van der Waals surface area contributed by atoms with Gasteiger partial charge in [0.15, 0.2) is 0 Å². The van der Waals surface area contributed by atoms with E-state index in [2.05, 4.69) is 29.6 Å². The van der Waals surface area contributed by atoms with Crippen LogP contribution in [0.25, 0.3) is 11.1 Å². The third kappa shape index (κ3) is 6.60. The number of alkyl carbamates (subject to hydrolysis) is 1.